The molecule has 106 valence electrons. The maximum absolute atomic E-state index is 11.7. The first kappa shape index (κ1) is 16.1. The predicted octanol–water partition coefficient (Wildman–Crippen LogP) is 1.90. The summed E-state index contributed by atoms with van der Waals surface area (Å²) in [4.78, 5) is 11.7. The highest BCUT2D eigenvalue weighted by Gasteiger charge is 2.20. The average molecular weight is 330 g/mol. The predicted molar refractivity (Wildman–Crippen MR) is 78.0 cm³/mol. The van der Waals surface area contributed by atoms with Gasteiger partial charge in [0.15, 0.2) is 0 Å². The maximum Gasteiger partial charge on any atom is 0.220 e. The molecule has 1 atom stereocenters. The molecular weight excluding hydrogens is 310 g/mol. The van der Waals surface area contributed by atoms with Gasteiger partial charge in [-0.3, -0.25) is 4.79 Å². The lowest BCUT2D eigenvalue weighted by Gasteiger charge is -2.22. The zero-order valence-electron chi connectivity index (χ0n) is 11.3. The molecule has 2 N–H and O–H groups in total. The normalized spacial score (nSPS) is 13.9. The molecule has 1 amide bonds. The Morgan fingerprint density at radius 2 is 2.16 bits per heavy atom. The van der Waals surface area contributed by atoms with Crippen LogP contribution in [0.5, 0.6) is 0 Å². The number of methoxy groups -OCH3 is 1. The third kappa shape index (κ3) is 6.18. The number of carbonyl (C=O) groups is 1. The van der Waals surface area contributed by atoms with E-state index in [1.807, 2.05) is 24.3 Å². The number of halogens is 1. The van der Waals surface area contributed by atoms with E-state index in [9.17, 15) is 9.90 Å². The highest BCUT2D eigenvalue weighted by atomic mass is 79.9. The largest absolute Gasteiger partial charge is 0.386 e. The summed E-state index contributed by atoms with van der Waals surface area (Å²) < 4.78 is 5.88. The van der Waals surface area contributed by atoms with E-state index in [-0.39, 0.29) is 19.1 Å². The van der Waals surface area contributed by atoms with Crippen LogP contribution in [-0.2, 0) is 16.0 Å². The summed E-state index contributed by atoms with van der Waals surface area (Å²) in [5, 5.41) is 12.6. The third-order valence-corrected chi connectivity index (χ3v) is 3.47. The molecular formula is C14H20BrNO3. The van der Waals surface area contributed by atoms with Gasteiger partial charge in [0.2, 0.25) is 5.91 Å². The van der Waals surface area contributed by atoms with Crippen LogP contribution in [0.25, 0.3) is 0 Å². The zero-order chi connectivity index (χ0) is 14.3. The highest BCUT2D eigenvalue weighted by molar-refractivity contribution is 9.10. The molecule has 5 heteroatoms. The Balaban J connectivity index is 2.35. The summed E-state index contributed by atoms with van der Waals surface area (Å²) in [6, 6.07) is 7.83. The molecule has 0 aliphatic rings. The van der Waals surface area contributed by atoms with Crippen LogP contribution in [-0.4, -0.2) is 36.9 Å². The fraction of sp³-hybridized carbons (Fsp3) is 0.500. The molecule has 1 unspecified atom stereocenters. The van der Waals surface area contributed by atoms with E-state index in [1.165, 1.54) is 7.11 Å². The van der Waals surface area contributed by atoms with E-state index in [0.717, 1.165) is 10.0 Å². The minimum absolute atomic E-state index is 0.0767. The number of aliphatic hydroxyl groups is 1. The Morgan fingerprint density at radius 3 is 2.79 bits per heavy atom. The van der Waals surface area contributed by atoms with Crippen molar-refractivity contribution in [1.29, 1.82) is 0 Å². The monoisotopic (exact) mass is 329 g/mol. The quantitative estimate of drug-likeness (QED) is 0.803. The number of carbonyl (C=O) groups excluding carboxylic acids is 1. The molecule has 0 spiro atoms. The zero-order valence-corrected chi connectivity index (χ0v) is 12.9. The van der Waals surface area contributed by atoms with Gasteiger partial charge in [0.05, 0.1) is 6.61 Å². The SMILES string of the molecule is COCC(C)(O)CNC(=O)CCc1ccccc1Br. The van der Waals surface area contributed by atoms with Gasteiger partial charge in [-0.05, 0) is 25.0 Å². The molecule has 0 aromatic heterocycles. The number of ether oxygens (including phenoxy) is 1. The molecule has 4 nitrogen and oxygen atoms in total. The van der Waals surface area contributed by atoms with Gasteiger partial charge in [-0.1, -0.05) is 34.1 Å². The van der Waals surface area contributed by atoms with Gasteiger partial charge in [-0.2, -0.15) is 0 Å². The van der Waals surface area contributed by atoms with Crippen LogP contribution in [0, 0.1) is 0 Å². The molecule has 0 aliphatic carbocycles. The molecule has 0 fully saturated rings. The van der Waals surface area contributed by atoms with Crippen molar-refractivity contribution in [2.24, 2.45) is 0 Å². The van der Waals surface area contributed by atoms with Crippen LogP contribution < -0.4 is 5.32 Å². The first-order valence-corrected chi connectivity index (χ1v) is 6.95. The van der Waals surface area contributed by atoms with Crippen LogP contribution in [0.2, 0.25) is 0 Å². The number of hydrogen-bond donors (Lipinski definition) is 2. The summed E-state index contributed by atoms with van der Waals surface area (Å²) in [6.45, 7) is 2.01. The second-order valence-electron chi connectivity index (χ2n) is 4.80. The lowest BCUT2D eigenvalue weighted by molar-refractivity contribution is -0.122. The molecule has 19 heavy (non-hydrogen) atoms. The molecule has 0 aliphatic heterocycles. The Hall–Kier alpha value is -0.910. The van der Waals surface area contributed by atoms with Gasteiger partial charge >= 0.3 is 0 Å². The van der Waals surface area contributed by atoms with Crippen molar-refractivity contribution in [2.45, 2.75) is 25.4 Å². The molecule has 0 bridgehead atoms. The van der Waals surface area contributed by atoms with Gasteiger partial charge in [0, 0.05) is 24.5 Å². The summed E-state index contributed by atoms with van der Waals surface area (Å²) >= 11 is 3.45. The number of aryl methyl sites for hydroxylation is 1. The fourth-order valence-corrected chi connectivity index (χ4v) is 2.17. The van der Waals surface area contributed by atoms with E-state index < -0.39 is 5.60 Å². The number of rotatable bonds is 7. The van der Waals surface area contributed by atoms with E-state index in [0.29, 0.717) is 12.8 Å². The third-order valence-electron chi connectivity index (χ3n) is 2.70. The molecule has 0 saturated carbocycles. The summed E-state index contributed by atoms with van der Waals surface area (Å²) in [5.74, 6) is -0.0767. The lowest BCUT2D eigenvalue weighted by Crippen LogP contribution is -2.43. The molecule has 1 aromatic rings. The second kappa shape index (κ2) is 7.62. The summed E-state index contributed by atoms with van der Waals surface area (Å²) in [7, 11) is 1.52. The standard InChI is InChI=1S/C14H20BrNO3/c1-14(18,10-19-2)9-16-13(17)8-7-11-5-3-4-6-12(11)15/h3-6,18H,7-10H2,1-2H3,(H,16,17). The minimum Gasteiger partial charge on any atom is -0.386 e. The smallest absolute Gasteiger partial charge is 0.220 e. The second-order valence-corrected chi connectivity index (χ2v) is 5.65. The van der Waals surface area contributed by atoms with E-state index in [2.05, 4.69) is 21.2 Å². The number of amides is 1. The Bertz CT molecular complexity index is 421. The van der Waals surface area contributed by atoms with Gasteiger partial charge < -0.3 is 15.2 Å². The van der Waals surface area contributed by atoms with Gasteiger partial charge in [-0.15, -0.1) is 0 Å². The number of hydrogen-bond acceptors (Lipinski definition) is 3. The lowest BCUT2D eigenvalue weighted by atomic mass is 10.1. The van der Waals surface area contributed by atoms with E-state index in [4.69, 9.17) is 4.74 Å². The van der Waals surface area contributed by atoms with Crippen molar-refractivity contribution in [2.75, 3.05) is 20.3 Å². The van der Waals surface area contributed by atoms with Gasteiger partial charge in [0.25, 0.3) is 0 Å². The van der Waals surface area contributed by atoms with Crippen LogP contribution in [0.4, 0.5) is 0 Å². The highest BCUT2D eigenvalue weighted by Crippen LogP contribution is 2.17. The van der Waals surface area contributed by atoms with Crippen LogP contribution in [0.1, 0.15) is 18.9 Å². The molecule has 1 rings (SSSR count). The van der Waals surface area contributed by atoms with E-state index in [1.54, 1.807) is 6.92 Å². The van der Waals surface area contributed by atoms with Crippen LogP contribution in [0.15, 0.2) is 28.7 Å². The van der Waals surface area contributed by atoms with Crippen LogP contribution in [0.3, 0.4) is 0 Å². The molecule has 0 saturated heterocycles. The van der Waals surface area contributed by atoms with Gasteiger partial charge in [0.1, 0.15) is 5.60 Å². The van der Waals surface area contributed by atoms with Crippen molar-refractivity contribution >= 4 is 21.8 Å². The Kier molecular flexibility index (Phi) is 6.48. The summed E-state index contributed by atoms with van der Waals surface area (Å²) in [6.07, 6.45) is 1.06. The van der Waals surface area contributed by atoms with Crippen molar-refractivity contribution in [3.8, 4) is 0 Å². The molecule has 0 radical (unpaired) electrons. The Morgan fingerprint density at radius 1 is 1.47 bits per heavy atom. The van der Waals surface area contributed by atoms with Crippen molar-refractivity contribution in [3.63, 3.8) is 0 Å². The average Bonchev–Trinajstić information content (AvgIpc) is 2.35. The Labute approximate surface area is 122 Å². The molecule has 1 aromatic carbocycles. The van der Waals surface area contributed by atoms with Crippen molar-refractivity contribution in [1.82, 2.24) is 5.32 Å². The first-order valence-electron chi connectivity index (χ1n) is 6.16. The number of benzene rings is 1. The maximum atomic E-state index is 11.7. The topological polar surface area (TPSA) is 58.6 Å². The number of nitrogens with one attached hydrogen (secondary N) is 1. The minimum atomic E-state index is -1.03. The van der Waals surface area contributed by atoms with Crippen LogP contribution >= 0.6 is 15.9 Å². The summed E-state index contributed by atoms with van der Waals surface area (Å²) in [5.41, 5.74) is 0.0684. The first-order chi connectivity index (χ1) is 8.94. The van der Waals surface area contributed by atoms with E-state index >= 15 is 0 Å². The van der Waals surface area contributed by atoms with Crippen molar-refractivity contribution in [3.05, 3.63) is 34.3 Å². The molecule has 0 heterocycles. The fourth-order valence-electron chi connectivity index (χ4n) is 1.69. The van der Waals surface area contributed by atoms with Gasteiger partial charge in [-0.25, -0.2) is 0 Å². The van der Waals surface area contributed by atoms with Crippen molar-refractivity contribution < 1.29 is 14.6 Å².